The summed E-state index contributed by atoms with van der Waals surface area (Å²) in [5, 5.41) is 2.01. The van der Waals surface area contributed by atoms with E-state index in [2.05, 4.69) is 11.3 Å². The van der Waals surface area contributed by atoms with Crippen LogP contribution in [0.3, 0.4) is 0 Å². The molecule has 0 atom stereocenters. The van der Waals surface area contributed by atoms with Crippen LogP contribution >= 0.6 is 0 Å². The van der Waals surface area contributed by atoms with Crippen molar-refractivity contribution in [1.82, 2.24) is 10.0 Å². The quantitative estimate of drug-likeness (QED) is 0.602. The van der Waals surface area contributed by atoms with Gasteiger partial charge < -0.3 is 11.1 Å². The molecule has 0 aromatic heterocycles. The highest BCUT2D eigenvalue weighted by molar-refractivity contribution is 7.89. The van der Waals surface area contributed by atoms with Crippen LogP contribution in [0.4, 0.5) is 8.78 Å². The van der Waals surface area contributed by atoms with Crippen LogP contribution in [0.15, 0.2) is 41.8 Å². The van der Waals surface area contributed by atoms with E-state index in [1.807, 2.05) is 5.32 Å². The maximum absolute atomic E-state index is 13.0. The number of carbonyl (C=O) groups is 1. The minimum atomic E-state index is -3.80. The van der Waals surface area contributed by atoms with Crippen LogP contribution < -0.4 is 15.8 Å². The second-order valence-electron chi connectivity index (χ2n) is 4.41. The summed E-state index contributed by atoms with van der Waals surface area (Å²) in [5.41, 5.74) is 4.82. The van der Waals surface area contributed by atoms with E-state index < -0.39 is 34.9 Å². The van der Waals surface area contributed by atoms with Crippen molar-refractivity contribution in [3.63, 3.8) is 0 Å². The molecule has 1 rings (SSSR count). The van der Waals surface area contributed by atoms with Crippen LogP contribution in [-0.4, -0.2) is 39.9 Å². The molecule has 0 fully saturated rings. The standard InChI is InChI=1S/C13H17F2N3O3S/c1-2-6-18-22(20,21)11-5-3-4-10(7-11)12(19)17-9-13(14,15)8-16/h2-5,7,18H,1,6,8-9,16H2,(H,17,19). The van der Waals surface area contributed by atoms with Crippen molar-refractivity contribution in [2.24, 2.45) is 5.73 Å². The molecule has 0 heterocycles. The van der Waals surface area contributed by atoms with Crippen molar-refractivity contribution in [3.8, 4) is 0 Å². The Labute approximate surface area is 127 Å². The van der Waals surface area contributed by atoms with Gasteiger partial charge in [-0.2, -0.15) is 0 Å². The number of nitrogens with one attached hydrogen (secondary N) is 2. The van der Waals surface area contributed by atoms with Crippen LogP contribution in [0.2, 0.25) is 0 Å². The van der Waals surface area contributed by atoms with Gasteiger partial charge in [-0.15, -0.1) is 6.58 Å². The molecule has 0 aliphatic carbocycles. The third kappa shape index (κ3) is 5.17. The molecule has 0 unspecified atom stereocenters. The number of alkyl halides is 2. The van der Waals surface area contributed by atoms with Gasteiger partial charge in [-0.25, -0.2) is 21.9 Å². The number of carbonyl (C=O) groups excluding carboxylic acids is 1. The lowest BCUT2D eigenvalue weighted by Gasteiger charge is -2.14. The number of halogens is 2. The van der Waals surface area contributed by atoms with E-state index in [9.17, 15) is 22.0 Å². The highest BCUT2D eigenvalue weighted by atomic mass is 32.2. The minimum absolute atomic E-state index is 0.0292. The summed E-state index contributed by atoms with van der Waals surface area (Å²) in [6.07, 6.45) is 1.36. The van der Waals surface area contributed by atoms with E-state index in [-0.39, 0.29) is 17.0 Å². The van der Waals surface area contributed by atoms with Gasteiger partial charge in [0.25, 0.3) is 11.8 Å². The van der Waals surface area contributed by atoms with Crippen LogP contribution in [0.1, 0.15) is 10.4 Å². The molecular weight excluding hydrogens is 316 g/mol. The summed E-state index contributed by atoms with van der Waals surface area (Å²) in [4.78, 5) is 11.6. The molecule has 0 bridgehead atoms. The lowest BCUT2D eigenvalue weighted by Crippen LogP contribution is -2.41. The minimum Gasteiger partial charge on any atom is -0.346 e. The molecule has 0 radical (unpaired) electrons. The van der Waals surface area contributed by atoms with Gasteiger partial charge in [0.05, 0.1) is 18.0 Å². The Hall–Kier alpha value is -1.84. The number of amides is 1. The number of sulfonamides is 1. The molecule has 9 heteroatoms. The number of hydrogen-bond donors (Lipinski definition) is 3. The lowest BCUT2D eigenvalue weighted by atomic mass is 10.2. The maximum atomic E-state index is 13.0. The molecule has 0 saturated carbocycles. The van der Waals surface area contributed by atoms with Gasteiger partial charge in [-0.3, -0.25) is 4.79 Å². The van der Waals surface area contributed by atoms with Gasteiger partial charge in [0, 0.05) is 12.1 Å². The average molecular weight is 333 g/mol. The van der Waals surface area contributed by atoms with E-state index in [0.29, 0.717) is 0 Å². The number of hydrogen-bond acceptors (Lipinski definition) is 4. The molecule has 0 aliphatic rings. The Morgan fingerprint density at radius 2 is 2.09 bits per heavy atom. The molecule has 1 aromatic carbocycles. The molecule has 6 nitrogen and oxygen atoms in total. The smallest absolute Gasteiger partial charge is 0.277 e. The molecule has 1 aromatic rings. The van der Waals surface area contributed by atoms with Crippen LogP contribution in [0.25, 0.3) is 0 Å². The first-order valence-electron chi connectivity index (χ1n) is 6.28. The molecule has 0 spiro atoms. The van der Waals surface area contributed by atoms with Crippen molar-refractivity contribution in [3.05, 3.63) is 42.5 Å². The maximum Gasteiger partial charge on any atom is 0.277 e. The summed E-state index contributed by atoms with van der Waals surface area (Å²) < 4.78 is 52.0. The molecule has 1 amide bonds. The van der Waals surface area contributed by atoms with Crippen molar-refractivity contribution >= 4 is 15.9 Å². The SMILES string of the molecule is C=CCNS(=O)(=O)c1cccc(C(=O)NCC(F)(F)CN)c1. The zero-order valence-electron chi connectivity index (χ0n) is 11.7. The van der Waals surface area contributed by atoms with Gasteiger partial charge in [-0.1, -0.05) is 12.1 Å². The first-order chi connectivity index (χ1) is 10.2. The molecule has 122 valence electrons. The van der Waals surface area contributed by atoms with E-state index >= 15 is 0 Å². The van der Waals surface area contributed by atoms with Gasteiger partial charge >= 0.3 is 0 Å². The fraction of sp³-hybridized carbons (Fsp3) is 0.308. The third-order valence-electron chi connectivity index (χ3n) is 2.63. The largest absolute Gasteiger partial charge is 0.346 e. The summed E-state index contributed by atoms with van der Waals surface area (Å²) in [7, 11) is -3.80. The van der Waals surface area contributed by atoms with E-state index in [4.69, 9.17) is 5.73 Å². The molecule has 22 heavy (non-hydrogen) atoms. The topological polar surface area (TPSA) is 101 Å². The predicted molar refractivity (Wildman–Crippen MR) is 78.2 cm³/mol. The Morgan fingerprint density at radius 1 is 1.41 bits per heavy atom. The van der Waals surface area contributed by atoms with Crippen LogP contribution in [0.5, 0.6) is 0 Å². The number of nitrogens with two attached hydrogens (primary N) is 1. The highest BCUT2D eigenvalue weighted by Crippen LogP contribution is 2.13. The second-order valence-corrected chi connectivity index (χ2v) is 6.18. The van der Waals surface area contributed by atoms with Gasteiger partial charge in [-0.05, 0) is 18.2 Å². The van der Waals surface area contributed by atoms with Crippen molar-refractivity contribution in [2.45, 2.75) is 10.8 Å². The van der Waals surface area contributed by atoms with Gasteiger partial charge in [0.15, 0.2) is 0 Å². The zero-order valence-corrected chi connectivity index (χ0v) is 12.5. The Bertz CT molecular complexity index is 648. The fourth-order valence-electron chi connectivity index (χ4n) is 1.44. The second kappa shape index (κ2) is 7.43. The first-order valence-corrected chi connectivity index (χ1v) is 7.77. The Kier molecular flexibility index (Phi) is 6.15. The van der Waals surface area contributed by atoms with Crippen LogP contribution in [0, 0.1) is 0 Å². The summed E-state index contributed by atoms with van der Waals surface area (Å²) in [6, 6.07) is 5.05. The molecule has 0 aliphatic heterocycles. The highest BCUT2D eigenvalue weighted by Gasteiger charge is 2.27. The van der Waals surface area contributed by atoms with Gasteiger partial charge in [0.2, 0.25) is 10.0 Å². The molecule has 0 saturated heterocycles. The summed E-state index contributed by atoms with van der Waals surface area (Å²) >= 11 is 0. The lowest BCUT2D eigenvalue weighted by molar-refractivity contribution is 0.0118. The van der Waals surface area contributed by atoms with E-state index in [1.54, 1.807) is 0 Å². The third-order valence-corrected chi connectivity index (χ3v) is 4.05. The van der Waals surface area contributed by atoms with E-state index in [1.165, 1.54) is 24.3 Å². The average Bonchev–Trinajstić information content (AvgIpc) is 2.51. The van der Waals surface area contributed by atoms with Crippen molar-refractivity contribution in [1.29, 1.82) is 0 Å². The Morgan fingerprint density at radius 3 is 2.68 bits per heavy atom. The number of rotatable bonds is 8. The fourth-order valence-corrected chi connectivity index (χ4v) is 2.48. The van der Waals surface area contributed by atoms with Crippen molar-refractivity contribution in [2.75, 3.05) is 19.6 Å². The van der Waals surface area contributed by atoms with Crippen molar-refractivity contribution < 1.29 is 22.0 Å². The zero-order chi connectivity index (χ0) is 16.8. The Balaban J connectivity index is 2.88. The molecule has 4 N–H and O–H groups in total. The normalized spacial score (nSPS) is 12.0. The molecular formula is C13H17F2N3O3S. The van der Waals surface area contributed by atoms with Crippen LogP contribution in [-0.2, 0) is 10.0 Å². The summed E-state index contributed by atoms with van der Waals surface area (Å²) in [5.74, 6) is -4.03. The summed E-state index contributed by atoms with van der Waals surface area (Å²) in [6.45, 7) is 1.60. The first kappa shape index (κ1) is 18.2. The monoisotopic (exact) mass is 333 g/mol. The number of benzene rings is 1. The predicted octanol–water partition coefficient (Wildman–Crippen LogP) is 0.475. The van der Waals surface area contributed by atoms with E-state index in [0.717, 1.165) is 6.07 Å². The van der Waals surface area contributed by atoms with Gasteiger partial charge in [0.1, 0.15) is 0 Å².